The first-order valence-electron chi connectivity index (χ1n) is 6.58. The molecule has 0 aliphatic rings. The fourth-order valence-corrected chi connectivity index (χ4v) is 2.47. The first kappa shape index (κ1) is 18.0. The van der Waals surface area contributed by atoms with Crippen LogP contribution in [-0.2, 0) is 6.54 Å². The first-order valence-corrected chi connectivity index (χ1v) is 7.66. The maximum Gasteiger partial charge on any atom is 0.270 e. The number of benzene rings is 1. The lowest BCUT2D eigenvalue weighted by atomic mass is 10.2. The smallest absolute Gasteiger partial charge is 0.270 e. The van der Waals surface area contributed by atoms with Crippen molar-refractivity contribution in [1.82, 2.24) is 9.88 Å². The van der Waals surface area contributed by atoms with Crippen LogP contribution in [0, 0.1) is 3.57 Å². The maximum absolute atomic E-state index is 12.5. The number of rotatable bonds is 6. The van der Waals surface area contributed by atoms with Gasteiger partial charge >= 0.3 is 0 Å². The number of nitrogens with one attached hydrogen (secondary N) is 1. The summed E-state index contributed by atoms with van der Waals surface area (Å²) in [7, 11) is 0. The second kappa shape index (κ2) is 9.07. The molecule has 1 aromatic heterocycles. The van der Waals surface area contributed by atoms with Crippen molar-refractivity contribution in [2.45, 2.75) is 13.0 Å². The summed E-state index contributed by atoms with van der Waals surface area (Å²) in [6, 6.07) is 11.9. The molecule has 0 spiro atoms. The standard InChI is InChI=1S/C15H18IN3O.ClH/c16-13-9-14(18-10-13)15(20)19(8-4-7-17)11-12-5-2-1-3-6-12;/h1-3,5-6,9-10,18H,4,7-8,11,17H2;1H. The molecule has 0 fully saturated rings. The Kier molecular flexibility index (Phi) is 7.77. The molecule has 1 aromatic carbocycles. The highest BCUT2D eigenvalue weighted by Gasteiger charge is 2.17. The van der Waals surface area contributed by atoms with E-state index in [1.165, 1.54) is 0 Å². The van der Waals surface area contributed by atoms with Gasteiger partial charge in [0.2, 0.25) is 0 Å². The summed E-state index contributed by atoms with van der Waals surface area (Å²) in [5.41, 5.74) is 7.32. The average molecular weight is 420 g/mol. The number of hydrogen-bond donors (Lipinski definition) is 2. The number of aromatic nitrogens is 1. The quantitative estimate of drug-likeness (QED) is 0.707. The zero-order valence-electron chi connectivity index (χ0n) is 11.6. The van der Waals surface area contributed by atoms with Crippen LogP contribution in [0.1, 0.15) is 22.5 Å². The third-order valence-electron chi connectivity index (χ3n) is 3.01. The number of nitrogens with zero attached hydrogens (tertiary/aromatic N) is 1. The molecule has 1 amide bonds. The Bertz CT molecular complexity index is 559. The molecular formula is C15H19ClIN3O. The molecule has 4 nitrogen and oxygen atoms in total. The van der Waals surface area contributed by atoms with Gasteiger partial charge in [-0.3, -0.25) is 4.79 Å². The number of nitrogens with two attached hydrogens (primary N) is 1. The molecule has 0 saturated carbocycles. The zero-order valence-corrected chi connectivity index (χ0v) is 14.6. The van der Waals surface area contributed by atoms with Crippen LogP contribution >= 0.6 is 35.0 Å². The highest BCUT2D eigenvalue weighted by molar-refractivity contribution is 14.1. The lowest BCUT2D eigenvalue weighted by molar-refractivity contribution is 0.0737. The van der Waals surface area contributed by atoms with E-state index in [2.05, 4.69) is 27.6 Å². The van der Waals surface area contributed by atoms with Crippen LogP contribution < -0.4 is 5.73 Å². The van der Waals surface area contributed by atoms with E-state index < -0.39 is 0 Å². The molecule has 0 radical (unpaired) electrons. The van der Waals surface area contributed by atoms with E-state index >= 15 is 0 Å². The third-order valence-corrected chi connectivity index (χ3v) is 3.64. The van der Waals surface area contributed by atoms with E-state index in [0.717, 1.165) is 15.6 Å². The molecule has 3 N–H and O–H groups in total. The van der Waals surface area contributed by atoms with Crippen LogP contribution in [0.25, 0.3) is 0 Å². The van der Waals surface area contributed by atoms with Gasteiger partial charge in [0.25, 0.3) is 5.91 Å². The number of aromatic amines is 1. The molecule has 0 bridgehead atoms. The van der Waals surface area contributed by atoms with Gasteiger partial charge in [0.15, 0.2) is 0 Å². The molecule has 21 heavy (non-hydrogen) atoms. The fourth-order valence-electron chi connectivity index (χ4n) is 2.00. The molecule has 2 aromatic rings. The van der Waals surface area contributed by atoms with Gasteiger partial charge in [-0.25, -0.2) is 0 Å². The number of amides is 1. The molecule has 0 saturated heterocycles. The molecule has 6 heteroatoms. The van der Waals surface area contributed by atoms with E-state index in [-0.39, 0.29) is 18.3 Å². The third kappa shape index (κ3) is 5.33. The second-order valence-corrected chi connectivity index (χ2v) is 5.83. The number of H-pyrrole nitrogens is 1. The largest absolute Gasteiger partial charge is 0.356 e. The van der Waals surface area contributed by atoms with Gasteiger partial charge in [0.1, 0.15) is 5.69 Å². The lowest BCUT2D eigenvalue weighted by Crippen LogP contribution is -2.32. The molecule has 2 rings (SSSR count). The summed E-state index contributed by atoms with van der Waals surface area (Å²) < 4.78 is 1.03. The Hall–Kier alpha value is -1.05. The van der Waals surface area contributed by atoms with Crippen molar-refractivity contribution in [2.24, 2.45) is 5.73 Å². The van der Waals surface area contributed by atoms with E-state index in [1.807, 2.05) is 47.5 Å². The molecule has 0 unspecified atom stereocenters. The SMILES string of the molecule is Cl.NCCCN(Cc1ccccc1)C(=O)c1cc(I)c[nH]1. The molecule has 0 atom stereocenters. The monoisotopic (exact) mass is 419 g/mol. The lowest BCUT2D eigenvalue weighted by Gasteiger charge is -2.22. The van der Waals surface area contributed by atoms with Gasteiger partial charge in [-0.05, 0) is 47.2 Å². The summed E-state index contributed by atoms with van der Waals surface area (Å²) >= 11 is 2.19. The normalized spacial score (nSPS) is 10.0. The summed E-state index contributed by atoms with van der Waals surface area (Å²) in [5, 5.41) is 0. The van der Waals surface area contributed by atoms with Crippen molar-refractivity contribution < 1.29 is 4.79 Å². The minimum Gasteiger partial charge on any atom is -0.356 e. The number of carbonyl (C=O) groups is 1. The van der Waals surface area contributed by atoms with Gasteiger partial charge in [-0.2, -0.15) is 0 Å². The van der Waals surface area contributed by atoms with E-state index in [4.69, 9.17) is 5.73 Å². The average Bonchev–Trinajstić information content (AvgIpc) is 2.90. The van der Waals surface area contributed by atoms with Crippen molar-refractivity contribution in [2.75, 3.05) is 13.1 Å². The van der Waals surface area contributed by atoms with Crippen molar-refractivity contribution in [3.8, 4) is 0 Å². The Morgan fingerprint density at radius 1 is 1.29 bits per heavy atom. The molecule has 114 valence electrons. The maximum atomic E-state index is 12.5. The summed E-state index contributed by atoms with van der Waals surface area (Å²) in [6.07, 6.45) is 2.63. The van der Waals surface area contributed by atoms with E-state index in [0.29, 0.717) is 25.3 Å². The Labute approximate surface area is 144 Å². The number of halogens is 2. The second-order valence-electron chi connectivity index (χ2n) is 4.59. The van der Waals surface area contributed by atoms with Crippen LogP contribution in [0.5, 0.6) is 0 Å². The Balaban J connectivity index is 0.00000220. The highest BCUT2D eigenvalue weighted by atomic mass is 127. The Morgan fingerprint density at radius 3 is 2.57 bits per heavy atom. The number of carbonyl (C=O) groups excluding carboxylic acids is 1. The first-order chi connectivity index (χ1) is 9.70. The highest BCUT2D eigenvalue weighted by Crippen LogP contribution is 2.12. The predicted molar refractivity (Wildman–Crippen MR) is 95.6 cm³/mol. The molecule has 0 aliphatic heterocycles. The summed E-state index contributed by atoms with van der Waals surface area (Å²) in [6.45, 7) is 1.86. The van der Waals surface area contributed by atoms with Crippen LogP contribution in [0.3, 0.4) is 0 Å². The predicted octanol–water partition coefficient (Wildman–Crippen LogP) is 3.03. The summed E-state index contributed by atoms with van der Waals surface area (Å²) in [4.78, 5) is 17.4. The van der Waals surface area contributed by atoms with Crippen molar-refractivity contribution >= 4 is 40.9 Å². The van der Waals surface area contributed by atoms with Gasteiger partial charge < -0.3 is 15.6 Å². The minimum absolute atomic E-state index is 0. The van der Waals surface area contributed by atoms with Crippen molar-refractivity contribution in [3.63, 3.8) is 0 Å². The van der Waals surface area contributed by atoms with Gasteiger partial charge in [-0.1, -0.05) is 30.3 Å². The Morgan fingerprint density at radius 2 is 2.00 bits per heavy atom. The number of hydrogen-bond acceptors (Lipinski definition) is 2. The minimum atomic E-state index is 0. The van der Waals surface area contributed by atoms with Gasteiger partial charge in [0, 0.05) is 22.9 Å². The van der Waals surface area contributed by atoms with Crippen LogP contribution in [0.15, 0.2) is 42.6 Å². The molecule has 1 heterocycles. The molecule has 0 aliphatic carbocycles. The van der Waals surface area contributed by atoms with Crippen molar-refractivity contribution in [1.29, 1.82) is 0 Å². The summed E-state index contributed by atoms with van der Waals surface area (Å²) in [5.74, 6) is 0.0187. The van der Waals surface area contributed by atoms with Gasteiger partial charge in [0.05, 0.1) is 0 Å². The van der Waals surface area contributed by atoms with E-state index in [1.54, 1.807) is 0 Å². The topological polar surface area (TPSA) is 62.1 Å². The van der Waals surface area contributed by atoms with Crippen molar-refractivity contribution in [3.05, 3.63) is 57.4 Å². The van der Waals surface area contributed by atoms with Gasteiger partial charge in [-0.15, -0.1) is 12.4 Å². The van der Waals surface area contributed by atoms with Crippen LogP contribution in [0.2, 0.25) is 0 Å². The van der Waals surface area contributed by atoms with Crippen LogP contribution in [0.4, 0.5) is 0 Å². The molecular weight excluding hydrogens is 401 g/mol. The zero-order chi connectivity index (χ0) is 14.4. The van der Waals surface area contributed by atoms with E-state index in [9.17, 15) is 4.79 Å². The van der Waals surface area contributed by atoms with Crippen LogP contribution in [-0.4, -0.2) is 28.9 Å². The fraction of sp³-hybridized carbons (Fsp3) is 0.267.